The minimum absolute atomic E-state index is 0.0346. The summed E-state index contributed by atoms with van der Waals surface area (Å²) in [6.07, 6.45) is 2.14. The van der Waals surface area contributed by atoms with Crippen molar-refractivity contribution in [2.45, 2.75) is 24.3 Å². The van der Waals surface area contributed by atoms with Gasteiger partial charge >= 0.3 is 0 Å². The molecule has 1 N–H and O–H groups in total. The van der Waals surface area contributed by atoms with Gasteiger partial charge in [-0.05, 0) is 24.1 Å². The Morgan fingerprint density at radius 3 is 2.45 bits per heavy atom. The number of benzene rings is 1. The van der Waals surface area contributed by atoms with Crippen molar-refractivity contribution < 1.29 is 12.6 Å². The van der Waals surface area contributed by atoms with Gasteiger partial charge in [0.25, 0.3) is 0 Å². The summed E-state index contributed by atoms with van der Waals surface area (Å²) < 4.78 is 37.4. The monoisotopic (exact) mass is 314 g/mol. The van der Waals surface area contributed by atoms with E-state index in [-0.39, 0.29) is 17.5 Å². The maximum absolute atomic E-state index is 11.9. The Morgan fingerprint density at radius 2 is 1.95 bits per heavy atom. The van der Waals surface area contributed by atoms with E-state index in [2.05, 4.69) is 4.72 Å². The summed E-state index contributed by atoms with van der Waals surface area (Å²) in [6.45, 7) is 2.10. The number of hydrogen-bond donors (Lipinski definition) is 1. The molecule has 20 heavy (non-hydrogen) atoms. The number of nitriles is 1. The topological polar surface area (TPSA) is 87.0 Å². The summed E-state index contributed by atoms with van der Waals surface area (Å²) in [5.74, 6) is -0.123. The van der Waals surface area contributed by atoms with Crippen molar-refractivity contribution in [3.05, 3.63) is 35.4 Å². The second-order valence-electron chi connectivity index (χ2n) is 4.56. The summed E-state index contributed by atoms with van der Waals surface area (Å²) in [4.78, 5) is 0. The van der Waals surface area contributed by atoms with Crippen molar-refractivity contribution in [1.29, 1.82) is 5.26 Å². The van der Waals surface area contributed by atoms with Gasteiger partial charge in [-0.2, -0.15) is 5.26 Å². The highest BCUT2D eigenvalue weighted by molar-refractivity contribution is 7.88. The van der Waals surface area contributed by atoms with Crippen LogP contribution < -0.4 is 4.72 Å². The van der Waals surface area contributed by atoms with E-state index < -0.39 is 20.8 Å². The van der Waals surface area contributed by atoms with Crippen molar-refractivity contribution in [3.63, 3.8) is 0 Å². The van der Waals surface area contributed by atoms with Gasteiger partial charge in [0.15, 0.2) is 0 Å². The molecule has 0 aromatic heterocycles. The van der Waals surface area contributed by atoms with Crippen LogP contribution in [-0.2, 0) is 26.6 Å². The van der Waals surface area contributed by atoms with Gasteiger partial charge in [-0.1, -0.05) is 19.1 Å². The van der Waals surface area contributed by atoms with Gasteiger partial charge in [-0.25, -0.2) is 13.1 Å². The molecule has 0 heterocycles. The number of rotatable bonds is 7. The molecule has 2 atom stereocenters. The zero-order valence-electron chi connectivity index (χ0n) is 11.5. The number of nitrogens with one attached hydrogen (secondary N) is 1. The molecule has 0 fully saturated rings. The molecule has 0 saturated carbocycles. The van der Waals surface area contributed by atoms with E-state index >= 15 is 0 Å². The van der Waals surface area contributed by atoms with Crippen LogP contribution in [0.2, 0.25) is 0 Å². The van der Waals surface area contributed by atoms with Gasteiger partial charge in [0.05, 0.1) is 17.4 Å². The molecular formula is C13H18N2O3S2. The highest BCUT2D eigenvalue weighted by atomic mass is 32.2. The summed E-state index contributed by atoms with van der Waals surface area (Å²) in [5, 5.41) is 8.63. The molecule has 0 spiro atoms. The van der Waals surface area contributed by atoms with E-state index in [1.54, 1.807) is 30.5 Å². The molecule has 0 aliphatic rings. The first-order chi connectivity index (χ1) is 9.34. The lowest BCUT2D eigenvalue weighted by molar-refractivity contribution is 0.577. The first kappa shape index (κ1) is 16.8. The third kappa shape index (κ3) is 5.82. The van der Waals surface area contributed by atoms with E-state index in [0.29, 0.717) is 17.5 Å². The summed E-state index contributed by atoms with van der Waals surface area (Å²) in [6, 6.07) is 8.41. The van der Waals surface area contributed by atoms with Crippen LogP contribution in [-0.4, -0.2) is 30.7 Å². The summed E-state index contributed by atoms with van der Waals surface area (Å²) >= 11 is 0. The minimum Gasteiger partial charge on any atom is -0.260 e. The first-order valence-corrected chi connectivity index (χ1v) is 9.40. The SMILES string of the molecule is CC(CCNS(=O)(=O)Cc1ccc(C#N)cc1)S(C)=O. The molecule has 0 aliphatic heterocycles. The predicted octanol–water partition coefficient (Wildman–Crippen LogP) is 1.13. The fraction of sp³-hybridized carbons (Fsp3) is 0.462. The van der Waals surface area contributed by atoms with Gasteiger partial charge in [-0.3, -0.25) is 4.21 Å². The zero-order chi connectivity index (χ0) is 15.2. The van der Waals surface area contributed by atoms with E-state index in [9.17, 15) is 12.6 Å². The number of sulfonamides is 1. The van der Waals surface area contributed by atoms with Gasteiger partial charge < -0.3 is 0 Å². The molecule has 0 saturated heterocycles. The van der Waals surface area contributed by atoms with Crippen LogP contribution in [0.1, 0.15) is 24.5 Å². The third-order valence-corrected chi connectivity index (χ3v) is 5.61. The molecule has 0 amide bonds. The second kappa shape index (κ2) is 7.53. The smallest absolute Gasteiger partial charge is 0.215 e. The summed E-state index contributed by atoms with van der Waals surface area (Å²) in [7, 11) is -4.35. The Kier molecular flexibility index (Phi) is 6.33. The average molecular weight is 314 g/mol. The fourth-order valence-electron chi connectivity index (χ4n) is 1.53. The van der Waals surface area contributed by atoms with Crippen LogP contribution in [0.5, 0.6) is 0 Å². The van der Waals surface area contributed by atoms with Crippen molar-refractivity contribution in [1.82, 2.24) is 4.72 Å². The van der Waals surface area contributed by atoms with E-state index in [0.717, 1.165) is 0 Å². The Bertz CT molecular complexity index is 603. The first-order valence-electron chi connectivity index (χ1n) is 6.12. The van der Waals surface area contributed by atoms with Gasteiger partial charge in [0, 0.05) is 28.9 Å². The van der Waals surface area contributed by atoms with Gasteiger partial charge in [0.1, 0.15) is 0 Å². The standard InChI is InChI=1S/C13H18N2O3S2/c1-11(19(2)16)7-8-15-20(17,18)10-13-5-3-12(9-14)4-6-13/h3-6,11,15H,7-8,10H2,1-2H3. The lowest BCUT2D eigenvalue weighted by Crippen LogP contribution is -2.28. The normalized spacial score (nSPS) is 14.4. The molecule has 1 aromatic rings. The Hall–Kier alpha value is -1.23. The van der Waals surface area contributed by atoms with E-state index in [4.69, 9.17) is 5.26 Å². The molecule has 5 nitrogen and oxygen atoms in total. The molecule has 7 heteroatoms. The van der Waals surface area contributed by atoms with Crippen LogP contribution in [0.3, 0.4) is 0 Å². The molecule has 1 rings (SSSR count). The Balaban J connectivity index is 2.53. The molecular weight excluding hydrogens is 296 g/mol. The lowest BCUT2D eigenvalue weighted by Gasteiger charge is -2.10. The van der Waals surface area contributed by atoms with Crippen LogP contribution in [0.25, 0.3) is 0 Å². The van der Waals surface area contributed by atoms with Crippen LogP contribution in [0.4, 0.5) is 0 Å². The van der Waals surface area contributed by atoms with Crippen molar-refractivity contribution >= 4 is 20.8 Å². The molecule has 1 aromatic carbocycles. The highest BCUT2D eigenvalue weighted by Crippen LogP contribution is 2.07. The highest BCUT2D eigenvalue weighted by Gasteiger charge is 2.13. The minimum atomic E-state index is -3.41. The van der Waals surface area contributed by atoms with Crippen molar-refractivity contribution in [3.8, 4) is 6.07 Å². The molecule has 110 valence electrons. The lowest BCUT2D eigenvalue weighted by atomic mass is 10.2. The van der Waals surface area contributed by atoms with Crippen molar-refractivity contribution in [2.24, 2.45) is 0 Å². The fourth-order valence-corrected chi connectivity index (χ4v) is 3.14. The maximum Gasteiger partial charge on any atom is 0.215 e. The predicted molar refractivity (Wildman–Crippen MR) is 79.9 cm³/mol. The molecule has 0 radical (unpaired) electrons. The van der Waals surface area contributed by atoms with Crippen molar-refractivity contribution in [2.75, 3.05) is 12.8 Å². The molecule has 2 unspecified atom stereocenters. The maximum atomic E-state index is 11.9. The molecule has 0 aliphatic carbocycles. The number of hydrogen-bond acceptors (Lipinski definition) is 4. The van der Waals surface area contributed by atoms with Crippen LogP contribution in [0.15, 0.2) is 24.3 Å². The van der Waals surface area contributed by atoms with Crippen LogP contribution >= 0.6 is 0 Å². The second-order valence-corrected chi connectivity index (χ2v) is 8.17. The van der Waals surface area contributed by atoms with Gasteiger partial charge in [0.2, 0.25) is 10.0 Å². The third-order valence-electron chi connectivity index (χ3n) is 2.88. The Morgan fingerprint density at radius 1 is 1.35 bits per heavy atom. The van der Waals surface area contributed by atoms with E-state index in [1.807, 2.05) is 13.0 Å². The zero-order valence-corrected chi connectivity index (χ0v) is 13.1. The average Bonchev–Trinajstić information content (AvgIpc) is 2.38. The summed E-state index contributed by atoms with van der Waals surface area (Å²) in [5.41, 5.74) is 1.13. The van der Waals surface area contributed by atoms with E-state index in [1.165, 1.54) is 0 Å². The Labute approximate surface area is 122 Å². The number of nitrogens with zero attached hydrogens (tertiary/aromatic N) is 1. The quantitative estimate of drug-likeness (QED) is 0.817. The van der Waals surface area contributed by atoms with Crippen LogP contribution in [0, 0.1) is 11.3 Å². The largest absolute Gasteiger partial charge is 0.260 e. The van der Waals surface area contributed by atoms with Gasteiger partial charge in [-0.15, -0.1) is 0 Å². The molecule has 0 bridgehead atoms.